The number of benzene rings is 1. The van der Waals surface area contributed by atoms with E-state index in [9.17, 15) is 9.90 Å². The Morgan fingerprint density at radius 3 is 3.00 bits per heavy atom. The third kappa shape index (κ3) is 4.46. The molecule has 10 nitrogen and oxygen atoms in total. The number of nitrogens with zero attached hydrogens (tertiary/aromatic N) is 4. The van der Waals surface area contributed by atoms with Crippen molar-refractivity contribution >= 4 is 22.6 Å². The summed E-state index contributed by atoms with van der Waals surface area (Å²) in [7, 11) is 0. The maximum absolute atomic E-state index is 12.9. The van der Waals surface area contributed by atoms with Gasteiger partial charge in [0, 0.05) is 25.1 Å². The molecule has 0 saturated carbocycles. The molecule has 0 bridgehead atoms. The predicted molar refractivity (Wildman–Crippen MR) is 127 cm³/mol. The number of rotatable bonds is 9. The van der Waals surface area contributed by atoms with Gasteiger partial charge < -0.3 is 19.9 Å². The molecule has 178 valence electrons. The molecule has 4 N–H and O–H groups in total. The quantitative estimate of drug-likeness (QED) is 0.299. The largest absolute Gasteiger partial charge is 0.395 e. The SMILES string of the molecule is CCCN(CCO)Cc1ccc2nc(-c3[nH]ncc3NC(=O)c3noc4c3CCCC4)[nH]c2c1. The van der Waals surface area contributed by atoms with Crippen LogP contribution in [-0.4, -0.2) is 60.9 Å². The molecule has 3 heterocycles. The second-order valence-corrected chi connectivity index (χ2v) is 8.69. The van der Waals surface area contributed by atoms with Crippen LogP contribution >= 0.6 is 0 Å². The number of aliphatic hydroxyl groups excluding tert-OH is 1. The molecule has 1 aliphatic rings. The molecule has 1 aliphatic carbocycles. The highest BCUT2D eigenvalue weighted by atomic mass is 16.5. The van der Waals surface area contributed by atoms with Gasteiger partial charge in [0.15, 0.2) is 11.5 Å². The minimum Gasteiger partial charge on any atom is -0.395 e. The maximum Gasteiger partial charge on any atom is 0.278 e. The average molecular weight is 464 g/mol. The highest BCUT2D eigenvalue weighted by Gasteiger charge is 2.25. The van der Waals surface area contributed by atoms with Crippen LogP contribution < -0.4 is 5.32 Å². The van der Waals surface area contributed by atoms with E-state index in [0.29, 0.717) is 29.4 Å². The number of carbonyl (C=O) groups is 1. The molecule has 0 aliphatic heterocycles. The minimum absolute atomic E-state index is 0.141. The molecule has 4 aromatic rings. The van der Waals surface area contributed by atoms with Gasteiger partial charge in [-0.25, -0.2) is 4.98 Å². The van der Waals surface area contributed by atoms with Crippen molar-refractivity contribution in [1.82, 2.24) is 30.2 Å². The first-order chi connectivity index (χ1) is 16.7. The summed E-state index contributed by atoms with van der Waals surface area (Å²) in [6.45, 7) is 4.60. The van der Waals surface area contributed by atoms with E-state index in [1.54, 1.807) is 6.20 Å². The molecule has 1 aromatic carbocycles. The normalized spacial score (nSPS) is 13.5. The van der Waals surface area contributed by atoms with Crippen LogP contribution in [0.3, 0.4) is 0 Å². The highest BCUT2D eigenvalue weighted by Crippen LogP contribution is 2.28. The molecule has 10 heteroatoms. The Bertz CT molecular complexity index is 1280. The number of hydrogen-bond acceptors (Lipinski definition) is 7. The maximum atomic E-state index is 12.9. The Morgan fingerprint density at radius 1 is 1.26 bits per heavy atom. The molecule has 5 rings (SSSR count). The van der Waals surface area contributed by atoms with Crippen molar-refractivity contribution in [3.63, 3.8) is 0 Å². The smallest absolute Gasteiger partial charge is 0.278 e. The number of amides is 1. The lowest BCUT2D eigenvalue weighted by Crippen LogP contribution is -2.27. The molecule has 0 saturated heterocycles. The lowest BCUT2D eigenvalue weighted by atomic mass is 9.96. The number of nitrogens with one attached hydrogen (secondary N) is 3. The van der Waals surface area contributed by atoms with Crippen LogP contribution in [0, 0.1) is 0 Å². The second kappa shape index (κ2) is 9.78. The number of aliphatic hydroxyl groups is 1. The van der Waals surface area contributed by atoms with Crippen LogP contribution in [0.4, 0.5) is 5.69 Å². The first-order valence-corrected chi connectivity index (χ1v) is 11.8. The van der Waals surface area contributed by atoms with Crippen molar-refractivity contribution < 1.29 is 14.4 Å². The van der Waals surface area contributed by atoms with Gasteiger partial charge in [-0.1, -0.05) is 18.1 Å². The molecule has 34 heavy (non-hydrogen) atoms. The van der Waals surface area contributed by atoms with Crippen molar-refractivity contribution in [3.8, 4) is 11.5 Å². The van der Waals surface area contributed by atoms with Crippen LogP contribution in [0.1, 0.15) is 53.6 Å². The van der Waals surface area contributed by atoms with E-state index in [2.05, 4.69) is 54.6 Å². The fourth-order valence-electron chi connectivity index (χ4n) is 4.57. The van der Waals surface area contributed by atoms with E-state index in [1.807, 2.05) is 6.07 Å². The van der Waals surface area contributed by atoms with Crippen molar-refractivity contribution in [2.24, 2.45) is 0 Å². The number of aromatic amines is 2. The fourth-order valence-corrected chi connectivity index (χ4v) is 4.57. The van der Waals surface area contributed by atoms with Crippen LogP contribution in [0.25, 0.3) is 22.6 Å². The van der Waals surface area contributed by atoms with Crippen LogP contribution in [0.2, 0.25) is 0 Å². The number of anilines is 1. The topological polar surface area (TPSA) is 136 Å². The number of H-pyrrole nitrogens is 2. The average Bonchev–Trinajstić information content (AvgIpc) is 3.56. The number of carbonyl (C=O) groups excluding carboxylic acids is 1. The lowest BCUT2D eigenvalue weighted by molar-refractivity contribution is 0.101. The van der Waals surface area contributed by atoms with Gasteiger partial charge in [-0.15, -0.1) is 0 Å². The van der Waals surface area contributed by atoms with Crippen molar-refractivity contribution in [1.29, 1.82) is 0 Å². The summed E-state index contributed by atoms with van der Waals surface area (Å²) in [5, 5.41) is 23.3. The van der Waals surface area contributed by atoms with Gasteiger partial charge in [0.2, 0.25) is 0 Å². The van der Waals surface area contributed by atoms with Crippen LogP contribution in [-0.2, 0) is 19.4 Å². The van der Waals surface area contributed by atoms with E-state index in [0.717, 1.165) is 73.1 Å². The summed E-state index contributed by atoms with van der Waals surface area (Å²) >= 11 is 0. The van der Waals surface area contributed by atoms with Gasteiger partial charge in [-0.2, -0.15) is 5.10 Å². The van der Waals surface area contributed by atoms with E-state index in [-0.39, 0.29) is 12.5 Å². The van der Waals surface area contributed by atoms with Crippen molar-refractivity contribution in [3.05, 3.63) is 47.0 Å². The third-order valence-electron chi connectivity index (χ3n) is 6.20. The summed E-state index contributed by atoms with van der Waals surface area (Å²) in [4.78, 5) is 23.2. The second-order valence-electron chi connectivity index (χ2n) is 8.69. The number of hydrogen-bond donors (Lipinski definition) is 4. The van der Waals surface area contributed by atoms with E-state index in [4.69, 9.17) is 4.52 Å². The van der Waals surface area contributed by atoms with Crippen molar-refractivity contribution in [2.75, 3.05) is 25.0 Å². The first-order valence-electron chi connectivity index (χ1n) is 11.8. The Kier molecular flexibility index (Phi) is 6.41. The number of imidazole rings is 1. The lowest BCUT2D eigenvalue weighted by Gasteiger charge is -2.20. The highest BCUT2D eigenvalue weighted by molar-refractivity contribution is 6.05. The molecule has 0 unspecified atom stereocenters. The summed E-state index contributed by atoms with van der Waals surface area (Å²) in [6, 6.07) is 6.10. The number of aryl methyl sites for hydroxylation is 1. The Labute approximate surface area is 196 Å². The van der Waals surface area contributed by atoms with Crippen LogP contribution in [0.15, 0.2) is 28.9 Å². The van der Waals surface area contributed by atoms with Gasteiger partial charge in [-0.3, -0.25) is 14.8 Å². The molecule has 1 amide bonds. The van der Waals surface area contributed by atoms with E-state index >= 15 is 0 Å². The van der Waals surface area contributed by atoms with Gasteiger partial charge in [0.1, 0.15) is 11.5 Å². The van der Waals surface area contributed by atoms with Gasteiger partial charge >= 0.3 is 0 Å². The van der Waals surface area contributed by atoms with E-state index < -0.39 is 0 Å². The van der Waals surface area contributed by atoms with Crippen molar-refractivity contribution in [2.45, 2.75) is 45.6 Å². The minimum atomic E-state index is -0.312. The molecule has 0 radical (unpaired) electrons. The zero-order valence-corrected chi connectivity index (χ0v) is 19.2. The Balaban J connectivity index is 1.36. The molecule has 0 fully saturated rings. The summed E-state index contributed by atoms with van der Waals surface area (Å²) < 4.78 is 5.38. The summed E-state index contributed by atoms with van der Waals surface area (Å²) in [6.07, 6.45) is 6.31. The first kappa shape index (κ1) is 22.3. The zero-order chi connectivity index (χ0) is 23.5. The molecular formula is C24H29N7O3. The zero-order valence-electron chi connectivity index (χ0n) is 19.2. The van der Waals surface area contributed by atoms with Gasteiger partial charge in [0.05, 0.1) is 29.5 Å². The van der Waals surface area contributed by atoms with E-state index in [1.165, 1.54) is 0 Å². The predicted octanol–water partition coefficient (Wildman–Crippen LogP) is 3.28. The molecule has 0 atom stereocenters. The molecule has 0 spiro atoms. The monoisotopic (exact) mass is 463 g/mol. The van der Waals surface area contributed by atoms with Gasteiger partial charge in [0.25, 0.3) is 5.91 Å². The summed E-state index contributed by atoms with van der Waals surface area (Å²) in [5.41, 5.74) is 5.22. The Morgan fingerprint density at radius 2 is 2.15 bits per heavy atom. The molecule has 3 aromatic heterocycles. The van der Waals surface area contributed by atoms with Gasteiger partial charge in [-0.05, 0) is 49.9 Å². The summed E-state index contributed by atoms with van der Waals surface area (Å²) in [5.74, 6) is 1.09. The fraction of sp³-hybridized carbons (Fsp3) is 0.417. The standard InChI is InChI=1S/C24H29N7O3/c1-2-9-31(10-11-32)14-15-7-8-17-18(12-15)27-23(26-17)22-19(13-25-29-22)28-24(33)21-16-5-3-4-6-20(16)34-30-21/h7-8,12-13,32H,2-6,9-11,14H2,1H3,(H,25,29)(H,26,27)(H,28,33). The molecular weight excluding hydrogens is 434 g/mol. The third-order valence-corrected chi connectivity index (χ3v) is 6.20. The Hall–Kier alpha value is -3.50. The number of aromatic nitrogens is 5. The number of fused-ring (bicyclic) bond motifs is 2. The van der Waals surface area contributed by atoms with Crippen LogP contribution in [0.5, 0.6) is 0 Å².